The van der Waals surface area contributed by atoms with Crippen LogP contribution in [0.3, 0.4) is 0 Å². The molecule has 1 fully saturated rings. The number of hydrogen-bond acceptors (Lipinski definition) is 3. The van der Waals surface area contributed by atoms with Gasteiger partial charge in [0, 0.05) is 23.2 Å². The zero-order valence-corrected chi connectivity index (χ0v) is 13.7. The molecule has 1 N–H and O–H groups in total. The van der Waals surface area contributed by atoms with Crippen LogP contribution in [0.2, 0.25) is 0 Å². The van der Waals surface area contributed by atoms with Gasteiger partial charge in [0.15, 0.2) is 0 Å². The van der Waals surface area contributed by atoms with Crippen molar-refractivity contribution in [2.75, 3.05) is 11.9 Å². The van der Waals surface area contributed by atoms with Crippen molar-refractivity contribution >= 4 is 17.0 Å². The third kappa shape index (κ3) is 3.85. The fourth-order valence-corrected chi connectivity index (χ4v) is 3.67. The van der Waals surface area contributed by atoms with Gasteiger partial charge in [-0.3, -0.25) is 0 Å². The molecule has 112 valence electrons. The summed E-state index contributed by atoms with van der Waals surface area (Å²) in [5, 5.41) is 6.85. The molecule has 0 spiro atoms. The van der Waals surface area contributed by atoms with E-state index in [-0.39, 0.29) is 0 Å². The highest BCUT2D eigenvalue weighted by atomic mass is 32.1. The topological polar surface area (TPSA) is 24.9 Å². The van der Waals surface area contributed by atoms with Gasteiger partial charge in [-0.15, -0.1) is 11.3 Å². The van der Waals surface area contributed by atoms with Gasteiger partial charge >= 0.3 is 0 Å². The minimum absolute atomic E-state index is 0.849. The molecule has 2 nitrogen and oxygen atoms in total. The van der Waals surface area contributed by atoms with Gasteiger partial charge in [0.2, 0.25) is 0 Å². The predicted molar refractivity (Wildman–Crippen MR) is 91.9 cm³/mol. The van der Waals surface area contributed by atoms with E-state index >= 15 is 0 Å². The van der Waals surface area contributed by atoms with Crippen LogP contribution in [0.25, 0.3) is 11.3 Å². The lowest BCUT2D eigenvalue weighted by molar-refractivity contribution is 0.300. The molecule has 0 saturated heterocycles. The highest BCUT2D eigenvalue weighted by Gasteiger charge is 2.17. The first-order valence-electron chi connectivity index (χ1n) is 7.97. The molecule has 21 heavy (non-hydrogen) atoms. The molecule has 0 bridgehead atoms. The first kappa shape index (κ1) is 14.6. The summed E-state index contributed by atoms with van der Waals surface area (Å²) < 4.78 is 0. The lowest BCUT2D eigenvalue weighted by Gasteiger charge is -2.26. The van der Waals surface area contributed by atoms with E-state index in [9.17, 15) is 0 Å². The molecule has 1 aliphatic rings. The molecule has 1 saturated carbocycles. The first-order valence-corrected chi connectivity index (χ1v) is 8.85. The summed E-state index contributed by atoms with van der Waals surface area (Å²) in [4.78, 5) is 4.54. The van der Waals surface area contributed by atoms with Crippen molar-refractivity contribution in [1.29, 1.82) is 0 Å². The van der Waals surface area contributed by atoms with Crippen LogP contribution in [0.5, 0.6) is 0 Å². The first-order chi connectivity index (χ1) is 10.2. The maximum absolute atomic E-state index is 4.54. The quantitative estimate of drug-likeness (QED) is 0.822. The molecule has 2 aromatic rings. The second-order valence-electron chi connectivity index (χ2n) is 6.34. The Morgan fingerprint density at radius 3 is 2.48 bits per heavy atom. The van der Waals surface area contributed by atoms with Crippen LogP contribution in [0, 0.1) is 18.8 Å². The Bertz CT molecular complexity index is 565. The van der Waals surface area contributed by atoms with E-state index in [2.05, 4.69) is 53.8 Å². The molecule has 1 heterocycles. The van der Waals surface area contributed by atoms with Gasteiger partial charge in [-0.05, 0) is 43.7 Å². The van der Waals surface area contributed by atoms with Gasteiger partial charge in [0.05, 0.1) is 10.7 Å². The molecule has 0 atom stereocenters. The highest BCUT2D eigenvalue weighted by Crippen LogP contribution is 2.29. The van der Waals surface area contributed by atoms with Gasteiger partial charge in [-0.25, -0.2) is 4.98 Å². The van der Waals surface area contributed by atoms with Crippen LogP contribution in [0.15, 0.2) is 29.6 Å². The number of benzene rings is 1. The van der Waals surface area contributed by atoms with Crippen LogP contribution in [0.4, 0.5) is 5.69 Å². The zero-order chi connectivity index (χ0) is 14.7. The van der Waals surface area contributed by atoms with Crippen molar-refractivity contribution in [3.8, 4) is 11.3 Å². The second-order valence-corrected chi connectivity index (χ2v) is 7.40. The Morgan fingerprint density at radius 2 is 1.86 bits per heavy atom. The summed E-state index contributed by atoms with van der Waals surface area (Å²) in [5.41, 5.74) is 3.52. The van der Waals surface area contributed by atoms with E-state index < -0.39 is 0 Å². The average molecular weight is 300 g/mol. The molecule has 0 radical (unpaired) electrons. The molecule has 1 aliphatic carbocycles. The Kier molecular flexibility index (Phi) is 4.59. The molecular formula is C18H24N2S. The van der Waals surface area contributed by atoms with Crippen LogP contribution in [-0.4, -0.2) is 11.5 Å². The van der Waals surface area contributed by atoms with Gasteiger partial charge < -0.3 is 5.32 Å². The van der Waals surface area contributed by atoms with Gasteiger partial charge in [0.1, 0.15) is 0 Å². The van der Waals surface area contributed by atoms with Crippen molar-refractivity contribution in [3.05, 3.63) is 34.7 Å². The van der Waals surface area contributed by atoms with Crippen LogP contribution >= 0.6 is 11.3 Å². The summed E-state index contributed by atoms with van der Waals surface area (Å²) in [5.74, 6) is 1.78. The van der Waals surface area contributed by atoms with Crippen LogP contribution in [-0.2, 0) is 0 Å². The number of nitrogens with zero attached hydrogens (tertiary/aromatic N) is 1. The monoisotopic (exact) mass is 300 g/mol. The largest absolute Gasteiger partial charge is 0.385 e. The highest BCUT2D eigenvalue weighted by molar-refractivity contribution is 7.09. The maximum atomic E-state index is 4.54. The number of nitrogens with one attached hydrogen (secondary N) is 1. The standard InChI is InChI=1S/C18H24N2S/c1-13-3-5-15(6-4-13)11-19-17-9-7-16(8-10-17)18-12-21-14(2)20-18/h7-10,12-13,15,19H,3-6,11H2,1-2H3. The van der Waals surface area contributed by atoms with Crippen molar-refractivity contribution < 1.29 is 0 Å². The third-order valence-corrected chi connectivity index (χ3v) is 5.30. The van der Waals surface area contributed by atoms with E-state index in [1.807, 2.05) is 0 Å². The number of hydrogen-bond donors (Lipinski definition) is 1. The van der Waals surface area contributed by atoms with E-state index in [0.717, 1.165) is 29.1 Å². The lowest BCUT2D eigenvalue weighted by Crippen LogP contribution is -2.20. The Hall–Kier alpha value is -1.35. The number of anilines is 1. The fraction of sp³-hybridized carbons (Fsp3) is 0.500. The average Bonchev–Trinajstić information content (AvgIpc) is 2.94. The minimum atomic E-state index is 0.849. The van der Waals surface area contributed by atoms with Crippen molar-refractivity contribution in [1.82, 2.24) is 4.98 Å². The molecule has 0 amide bonds. The summed E-state index contributed by atoms with van der Waals surface area (Å²) in [6.45, 7) is 5.54. The van der Waals surface area contributed by atoms with Crippen LogP contribution in [0.1, 0.15) is 37.6 Å². The Morgan fingerprint density at radius 1 is 1.14 bits per heavy atom. The molecular weight excluding hydrogens is 276 g/mol. The maximum Gasteiger partial charge on any atom is 0.0901 e. The van der Waals surface area contributed by atoms with Crippen molar-refractivity contribution in [3.63, 3.8) is 0 Å². The third-order valence-electron chi connectivity index (χ3n) is 4.53. The molecule has 0 aliphatic heterocycles. The summed E-state index contributed by atoms with van der Waals surface area (Å²) >= 11 is 1.71. The van der Waals surface area contributed by atoms with Gasteiger partial charge in [-0.2, -0.15) is 0 Å². The van der Waals surface area contributed by atoms with E-state index in [4.69, 9.17) is 0 Å². The van der Waals surface area contributed by atoms with Crippen molar-refractivity contribution in [2.24, 2.45) is 11.8 Å². The number of thiazole rings is 1. The fourth-order valence-electron chi connectivity index (χ4n) is 3.05. The van der Waals surface area contributed by atoms with Gasteiger partial charge in [-0.1, -0.05) is 31.9 Å². The molecule has 1 aromatic carbocycles. The predicted octanol–water partition coefficient (Wildman–Crippen LogP) is 5.36. The van der Waals surface area contributed by atoms with Crippen LogP contribution < -0.4 is 5.32 Å². The lowest BCUT2D eigenvalue weighted by atomic mass is 9.83. The van der Waals surface area contributed by atoms with E-state index in [1.165, 1.54) is 36.9 Å². The smallest absolute Gasteiger partial charge is 0.0901 e. The summed E-state index contributed by atoms with van der Waals surface area (Å²) in [6.07, 6.45) is 5.55. The summed E-state index contributed by atoms with van der Waals surface area (Å²) in [6, 6.07) is 8.68. The minimum Gasteiger partial charge on any atom is -0.385 e. The number of rotatable bonds is 4. The molecule has 0 unspecified atom stereocenters. The zero-order valence-electron chi connectivity index (χ0n) is 12.9. The summed E-state index contributed by atoms with van der Waals surface area (Å²) in [7, 11) is 0. The molecule has 3 heteroatoms. The van der Waals surface area contributed by atoms with Crippen molar-refractivity contribution in [2.45, 2.75) is 39.5 Å². The van der Waals surface area contributed by atoms with Gasteiger partial charge in [0.25, 0.3) is 0 Å². The SMILES string of the molecule is Cc1nc(-c2ccc(NCC3CCC(C)CC3)cc2)cs1. The Balaban J connectivity index is 1.55. The molecule has 3 rings (SSSR count). The normalized spacial score (nSPS) is 22.2. The number of aryl methyl sites for hydroxylation is 1. The Labute approximate surface area is 131 Å². The van der Waals surface area contributed by atoms with E-state index in [1.54, 1.807) is 11.3 Å². The molecule has 1 aromatic heterocycles. The second kappa shape index (κ2) is 6.61. The number of aromatic nitrogens is 1. The van der Waals surface area contributed by atoms with E-state index in [0.29, 0.717) is 0 Å².